The second-order valence-electron chi connectivity index (χ2n) is 6.25. The molecule has 0 amide bonds. The molecule has 0 N–H and O–H groups in total. The zero-order chi connectivity index (χ0) is 23.9. The van der Waals surface area contributed by atoms with Gasteiger partial charge < -0.3 is 0 Å². The van der Waals surface area contributed by atoms with Crippen LogP contribution in [0, 0.1) is 53.7 Å². The average molecular weight is 774 g/mol. The Morgan fingerprint density at radius 1 is 0.375 bits per heavy atom. The Morgan fingerprint density at radius 2 is 0.594 bits per heavy atom. The first-order valence-electron chi connectivity index (χ1n) is 11.3. The molecule has 0 unspecified atom stereocenters. The van der Waals surface area contributed by atoms with Crippen molar-refractivity contribution in [1.82, 2.24) is 0 Å². The van der Waals surface area contributed by atoms with E-state index in [4.69, 9.17) is 0 Å². The molecule has 0 aliphatic carbocycles. The molecule has 0 aliphatic rings. The fourth-order valence-electron chi connectivity index (χ4n) is 1.80. The fraction of sp³-hybridized carbons (Fsp3) is 0.400. The standard InChI is InChI=1S/C8H10.2C8H9.3C2H6.2W/c3*1-7-3-5-8(2)6-4-7;3*1-2;;/h3-6H,1-2H3;2*3-5H,1-2H3;3*1-2H3;;/q;2*-1;;;;;. The summed E-state index contributed by atoms with van der Waals surface area (Å²) in [6.45, 7) is 24.4. The van der Waals surface area contributed by atoms with Crippen LogP contribution in [-0.4, -0.2) is 0 Å². The Bertz CT molecular complexity index is 531. The molecule has 0 saturated carbocycles. The van der Waals surface area contributed by atoms with Gasteiger partial charge in [-0.3, -0.25) is 0 Å². The first-order chi connectivity index (χ1) is 14.4. The maximum Gasteiger partial charge on any atom is 0 e. The van der Waals surface area contributed by atoms with Crippen LogP contribution in [0.2, 0.25) is 0 Å². The maximum absolute atomic E-state index is 3.10. The smallest absolute Gasteiger partial charge is 0 e. The number of hydrogen-bond acceptors (Lipinski definition) is 0. The third-order valence-electron chi connectivity index (χ3n) is 3.47. The minimum absolute atomic E-state index is 0. The maximum atomic E-state index is 3.10. The molecule has 32 heavy (non-hydrogen) atoms. The summed E-state index contributed by atoms with van der Waals surface area (Å²) in [6, 6.07) is 27.0. The largest absolute Gasteiger partial charge is 0.180 e. The fourth-order valence-corrected chi connectivity index (χ4v) is 1.80. The van der Waals surface area contributed by atoms with E-state index in [0.717, 1.165) is 0 Å². The van der Waals surface area contributed by atoms with Crippen molar-refractivity contribution in [2.45, 2.75) is 83.1 Å². The molecule has 0 nitrogen and oxygen atoms in total. The van der Waals surface area contributed by atoms with Crippen molar-refractivity contribution in [3.05, 3.63) is 106 Å². The molecule has 3 rings (SSSR count). The van der Waals surface area contributed by atoms with E-state index in [0.29, 0.717) is 0 Å². The number of aryl methyl sites for hydroxylation is 6. The van der Waals surface area contributed by atoms with Crippen molar-refractivity contribution in [3.8, 4) is 0 Å². The molecule has 0 aliphatic heterocycles. The van der Waals surface area contributed by atoms with Crippen molar-refractivity contribution in [2.24, 2.45) is 0 Å². The molecule has 3 aromatic carbocycles. The summed E-state index contributed by atoms with van der Waals surface area (Å²) in [5, 5.41) is 0. The molecule has 3 aromatic rings. The summed E-state index contributed by atoms with van der Waals surface area (Å²) in [4.78, 5) is 0. The minimum atomic E-state index is 0. The predicted octanol–water partition coefficient (Wildman–Crippen LogP) is 9.58. The summed E-state index contributed by atoms with van der Waals surface area (Å²) in [7, 11) is 0. The zero-order valence-corrected chi connectivity index (χ0v) is 28.5. The molecule has 0 fully saturated rings. The van der Waals surface area contributed by atoms with Crippen molar-refractivity contribution >= 4 is 0 Å². The van der Waals surface area contributed by atoms with E-state index in [1.165, 1.54) is 33.4 Å². The second kappa shape index (κ2) is 30.0. The van der Waals surface area contributed by atoms with Gasteiger partial charge in [-0.25, -0.2) is 0 Å². The van der Waals surface area contributed by atoms with Gasteiger partial charge in [0.2, 0.25) is 0 Å². The molecular formula is C30H46W2-2. The Labute approximate surface area is 230 Å². The van der Waals surface area contributed by atoms with E-state index in [1.807, 2.05) is 67.5 Å². The molecule has 0 aromatic heterocycles. The molecule has 2 heteroatoms. The number of benzene rings is 3. The van der Waals surface area contributed by atoms with E-state index in [2.05, 4.69) is 88.4 Å². The van der Waals surface area contributed by atoms with Crippen LogP contribution < -0.4 is 0 Å². The van der Waals surface area contributed by atoms with E-state index < -0.39 is 0 Å². The zero-order valence-electron chi connectivity index (χ0n) is 22.6. The first-order valence-corrected chi connectivity index (χ1v) is 11.3. The van der Waals surface area contributed by atoms with Gasteiger partial charge in [-0.1, -0.05) is 105 Å². The van der Waals surface area contributed by atoms with E-state index >= 15 is 0 Å². The monoisotopic (exact) mass is 774 g/mol. The molecule has 0 spiro atoms. The van der Waals surface area contributed by atoms with Gasteiger partial charge in [0, 0.05) is 42.1 Å². The Morgan fingerprint density at radius 3 is 0.750 bits per heavy atom. The van der Waals surface area contributed by atoms with Gasteiger partial charge in [0.15, 0.2) is 0 Å². The van der Waals surface area contributed by atoms with E-state index in [9.17, 15) is 0 Å². The van der Waals surface area contributed by atoms with Crippen molar-refractivity contribution < 1.29 is 42.1 Å². The topological polar surface area (TPSA) is 0 Å². The van der Waals surface area contributed by atoms with Crippen LogP contribution >= 0.6 is 0 Å². The van der Waals surface area contributed by atoms with Crippen LogP contribution in [0.4, 0.5) is 0 Å². The second-order valence-corrected chi connectivity index (χ2v) is 6.25. The van der Waals surface area contributed by atoms with Gasteiger partial charge in [0.1, 0.15) is 0 Å². The molecule has 0 radical (unpaired) electrons. The van der Waals surface area contributed by atoms with E-state index in [-0.39, 0.29) is 42.1 Å². The minimum Gasteiger partial charge on any atom is -0.180 e. The quantitative estimate of drug-likeness (QED) is 0.200. The van der Waals surface area contributed by atoms with E-state index in [1.54, 1.807) is 0 Å². The van der Waals surface area contributed by atoms with Gasteiger partial charge in [0.25, 0.3) is 0 Å². The Kier molecular flexibility index (Phi) is 38.8. The van der Waals surface area contributed by atoms with Gasteiger partial charge in [0.05, 0.1) is 0 Å². The van der Waals surface area contributed by atoms with Gasteiger partial charge in [-0.05, 0) is 13.8 Å². The Balaban J connectivity index is -0.0000000990. The van der Waals surface area contributed by atoms with Crippen LogP contribution in [0.3, 0.4) is 0 Å². The summed E-state index contributed by atoms with van der Waals surface area (Å²) in [5.74, 6) is 0. The van der Waals surface area contributed by atoms with Crippen LogP contribution in [0.15, 0.2) is 60.7 Å². The Hall–Kier alpha value is -0.963. The van der Waals surface area contributed by atoms with Gasteiger partial charge >= 0.3 is 0 Å². The molecule has 0 bridgehead atoms. The van der Waals surface area contributed by atoms with Crippen LogP contribution in [0.1, 0.15) is 74.9 Å². The summed E-state index contributed by atoms with van der Waals surface area (Å²) in [6.07, 6.45) is 0. The summed E-state index contributed by atoms with van der Waals surface area (Å²) >= 11 is 0. The van der Waals surface area contributed by atoms with Crippen LogP contribution in [0.5, 0.6) is 0 Å². The van der Waals surface area contributed by atoms with Crippen molar-refractivity contribution in [3.63, 3.8) is 0 Å². The molecule has 0 saturated heterocycles. The SMILES string of the molecule is CC.CC.CC.Cc1[c-]cc(C)cc1.Cc1[c-]cc(C)cc1.Cc1ccc(C)cc1.[W].[W]. The number of rotatable bonds is 0. The van der Waals surface area contributed by atoms with Gasteiger partial charge in [-0.2, -0.15) is 70.8 Å². The van der Waals surface area contributed by atoms with Crippen LogP contribution in [-0.2, 0) is 42.1 Å². The third kappa shape index (κ3) is 27.1. The summed E-state index contributed by atoms with van der Waals surface area (Å²) in [5.41, 5.74) is 7.61. The molecule has 0 atom stereocenters. The third-order valence-corrected chi connectivity index (χ3v) is 3.47. The first kappa shape index (κ1) is 41.3. The average Bonchev–Trinajstić information content (AvgIpc) is 2.79. The normalized spacial score (nSPS) is 7.50. The molecule has 180 valence electrons. The summed E-state index contributed by atoms with van der Waals surface area (Å²) < 4.78 is 0. The van der Waals surface area contributed by atoms with Gasteiger partial charge in [-0.15, -0.1) is 0 Å². The predicted molar refractivity (Wildman–Crippen MR) is 139 cm³/mol. The number of hydrogen-bond donors (Lipinski definition) is 0. The van der Waals surface area contributed by atoms with Crippen molar-refractivity contribution in [2.75, 3.05) is 0 Å². The molecular weight excluding hydrogens is 728 g/mol. The van der Waals surface area contributed by atoms with Crippen LogP contribution in [0.25, 0.3) is 0 Å². The van der Waals surface area contributed by atoms with Crippen molar-refractivity contribution in [1.29, 1.82) is 0 Å². The molecule has 0 heterocycles.